The Morgan fingerprint density at radius 2 is 1.79 bits per heavy atom. The molecule has 0 atom stereocenters. The van der Waals surface area contributed by atoms with Gasteiger partial charge in [0.05, 0.1) is 32.7 Å². The SMILES string of the molecule is COc1ccc(-c2cn(Cc3cc(C)nc(C)n3)nn2)cc1OC. The predicted molar refractivity (Wildman–Crippen MR) is 89.2 cm³/mol. The Morgan fingerprint density at radius 3 is 2.50 bits per heavy atom. The number of hydrogen-bond acceptors (Lipinski definition) is 6. The van der Waals surface area contributed by atoms with Gasteiger partial charge in [0.1, 0.15) is 11.5 Å². The van der Waals surface area contributed by atoms with Gasteiger partial charge in [-0.25, -0.2) is 14.6 Å². The van der Waals surface area contributed by atoms with Crippen LogP contribution in [0.25, 0.3) is 11.3 Å². The van der Waals surface area contributed by atoms with Crippen molar-refractivity contribution in [1.82, 2.24) is 25.0 Å². The van der Waals surface area contributed by atoms with Crippen LogP contribution in [-0.4, -0.2) is 39.2 Å². The van der Waals surface area contributed by atoms with Crippen molar-refractivity contribution < 1.29 is 9.47 Å². The summed E-state index contributed by atoms with van der Waals surface area (Å²) in [5.41, 5.74) is 3.52. The van der Waals surface area contributed by atoms with E-state index in [2.05, 4.69) is 20.3 Å². The van der Waals surface area contributed by atoms with Gasteiger partial charge in [0.25, 0.3) is 0 Å². The summed E-state index contributed by atoms with van der Waals surface area (Å²) in [5, 5.41) is 8.41. The number of methoxy groups -OCH3 is 2. The van der Waals surface area contributed by atoms with E-state index < -0.39 is 0 Å². The van der Waals surface area contributed by atoms with E-state index in [0.717, 1.165) is 28.5 Å². The molecule has 7 nitrogen and oxygen atoms in total. The fraction of sp³-hybridized carbons (Fsp3) is 0.294. The molecule has 1 aromatic carbocycles. The monoisotopic (exact) mass is 325 g/mol. The Bertz CT molecular complexity index is 840. The van der Waals surface area contributed by atoms with E-state index in [-0.39, 0.29) is 0 Å². The van der Waals surface area contributed by atoms with E-state index in [1.54, 1.807) is 18.9 Å². The summed E-state index contributed by atoms with van der Waals surface area (Å²) in [5.74, 6) is 2.09. The lowest BCUT2D eigenvalue weighted by Crippen LogP contribution is -2.05. The Balaban J connectivity index is 1.85. The average molecular weight is 325 g/mol. The van der Waals surface area contributed by atoms with Gasteiger partial charge in [-0.3, -0.25) is 0 Å². The topological polar surface area (TPSA) is 75.0 Å². The van der Waals surface area contributed by atoms with Crippen molar-refractivity contribution in [3.05, 3.63) is 47.7 Å². The number of ether oxygens (including phenoxy) is 2. The lowest BCUT2D eigenvalue weighted by Gasteiger charge is -2.08. The molecule has 0 amide bonds. The van der Waals surface area contributed by atoms with Crippen LogP contribution in [0.15, 0.2) is 30.5 Å². The van der Waals surface area contributed by atoms with E-state index in [1.165, 1.54) is 0 Å². The van der Waals surface area contributed by atoms with Gasteiger partial charge in [-0.15, -0.1) is 5.10 Å². The zero-order valence-corrected chi connectivity index (χ0v) is 14.1. The van der Waals surface area contributed by atoms with Crippen LogP contribution in [0.5, 0.6) is 11.5 Å². The fourth-order valence-electron chi connectivity index (χ4n) is 2.54. The largest absolute Gasteiger partial charge is 0.493 e. The highest BCUT2D eigenvalue weighted by atomic mass is 16.5. The minimum atomic E-state index is 0.546. The second kappa shape index (κ2) is 6.66. The van der Waals surface area contributed by atoms with Crippen LogP contribution >= 0.6 is 0 Å². The molecule has 24 heavy (non-hydrogen) atoms. The molecule has 0 saturated carbocycles. The summed E-state index contributed by atoms with van der Waals surface area (Å²) in [6, 6.07) is 7.61. The molecule has 7 heteroatoms. The summed E-state index contributed by atoms with van der Waals surface area (Å²) < 4.78 is 12.3. The molecule has 0 aliphatic rings. The van der Waals surface area contributed by atoms with Gasteiger partial charge >= 0.3 is 0 Å². The Kier molecular flexibility index (Phi) is 4.41. The van der Waals surface area contributed by atoms with E-state index in [9.17, 15) is 0 Å². The fourth-order valence-corrected chi connectivity index (χ4v) is 2.54. The van der Waals surface area contributed by atoms with Crippen molar-refractivity contribution in [1.29, 1.82) is 0 Å². The molecule has 2 aromatic heterocycles. The van der Waals surface area contributed by atoms with Crippen LogP contribution in [0.3, 0.4) is 0 Å². The maximum Gasteiger partial charge on any atom is 0.161 e. The summed E-state index contributed by atoms with van der Waals surface area (Å²) >= 11 is 0. The predicted octanol–water partition coefficient (Wildman–Crippen LogP) is 2.42. The highest BCUT2D eigenvalue weighted by molar-refractivity contribution is 5.63. The maximum absolute atomic E-state index is 5.33. The van der Waals surface area contributed by atoms with Crippen molar-refractivity contribution >= 4 is 0 Å². The third-order valence-corrected chi connectivity index (χ3v) is 3.56. The summed E-state index contributed by atoms with van der Waals surface area (Å²) in [7, 11) is 3.22. The van der Waals surface area contributed by atoms with Crippen LogP contribution in [0.2, 0.25) is 0 Å². The van der Waals surface area contributed by atoms with Crippen LogP contribution in [-0.2, 0) is 6.54 Å². The van der Waals surface area contributed by atoms with Gasteiger partial charge in [0.15, 0.2) is 11.5 Å². The molecular formula is C17H19N5O2. The molecule has 0 radical (unpaired) electrons. The molecular weight excluding hydrogens is 306 g/mol. The van der Waals surface area contributed by atoms with E-state index in [0.29, 0.717) is 18.0 Å². The third kappa shape index (κ3) is 3.34. The minimum absolute atomic E-state index is 0.546. The molecule has 0 aliphatic carbocycles. The van der Waals surface area contributed by atoms with E-state index in [1.807, 2.05) is 44.3 Å². The lowest BCUT2D eigenvalue weighted by atomic mass is 10.1. The average Bonchev–Trinajstić information content (AvgIpc) is 3.01. The van der Waals surface area contributed by atoms with Gasteiger partial charge in [0.2, 0.25) is 0 Å². The number of aryl methyl sites for hydroxylation is 2. The van der Waals surface area contributed by atoms with Crippen molar-refractivity contribution in [2.45, 2.75) is 20.4 Å². The zero-order valence-electron chi connectivity index (χ0n) is 14.1. The van der Waals surface area contributed by atoms with Gasteiger partial charge in [0, 0.05) is 11.3 Å². The lowest BCUT2D eigenvalue weighted by molar-refractivity contribution is 0.355. The maximum atomic E-state index is 5.33. The van der Waals surface area contributed by atoms with Crippen LogP contribution in [0.4, 0.5) is 0 Å². The molecule has 0 unspecified atom stereocenters. The van der Waals surface area contributed by atoms with Gasteiger partial charge < -0.3 is 9.47 Å². The van der Waals surface area contributed by atoms with Crippen molar-refractivity contribution in [2.75, 3.05) is 14.2 Å². The first-order chi connectivity index (χ1) is 11.6. The normalized spacial score (nSPS) is 10.7. The second-order valence-corrected chi connectivity index (χ2v) is 5.42. The molecule has 3 aromatic rings. The minimum Gasteiger partial charge on any atom is -0.493 e. The number of benzene rings is 1. The summed E-state index contributed by atoms with van der Waals surface area (Å²) in [6.07, 6.45) is 1.88. The zero-order chi connectivity index (χ0) is 17.1. The quantitative estimate of drug-likeness (QED) is 0.717. The Morgan fingerprint density at radius 1 is 1.00 bits per heavy atom. The second-order valence-electron chi connectivity index (χ2n) is 5.42. The number of hydrogen-bond donors (Lipinski definition) is 0. The van der Waals surface area contributed by atoms with Gasteiger partial charge in [-0.2, -0.15) is 0 Å². The number of rotatable bonds is 5. The Labute approximate surface area is 140 Å². The molecule has 0 bridgehead atoms. The molecule has 124 valence electrons. The van der Waals surface area contributed by atoms with Crippen molar-refractivity contribution in [3.63, 3.8) is 0 Å². The van der Waals surface area contributed by atoms with E-state index >= 15 is 0 Å². The highest BCUT2D eigenvalue weighted by Gasteiger charge is 2.10. The molecule has 0 N–H and O–H groups in total. The molecule has 0 saturated heterocycles. The third-order valence-electron chi connectivity index (χ3n) is 3.56. The first-order valence-electron chi connectivity index (χ1n) is 7.52. The van der Waals surface area contributed by atoms with Crippen molar-refractivity contribution in [2.24, 2.45) is 0 Å². The van der Waals surface area contributed by atoms with E-state index in [4.69, 9.17) is 9.47 Å². The molecule has 0 fully saturated rings. The molecule has 2 heterocycles. The Hall–Kier alpha value is -2.96. The van der Waals surface area contributed by atoms with Gasteiger partial charge in [-0.05, 0) is 38.1 Å². The first-order valence-corrected chi connectivity index (χ1v) is 7.52. The van der Waals surface area contributed by atoms with Crippen LogP contribution < -0.4 is 9.47 Å². The molecule has 0 spiro atoms. The smallest absolute Gasteiger partial charge is 0.161 e. The number of aromatic nitrogens is 5. The number of nitrogens with zero attached hydrogens (tertiary/aromatic N) is 5. The molecule has 0 aliphatic heterocycles. The van der Waals surface area contributed by atoms with Crippen molar-refractivity contribution in [3.8, 4) is 22.8 Å². The summed E-state index contributed by atoms with van der Waals surface area (Å²) in [6.45, 7) is 4.38. The summed E-state index contributed by atoms with van der Waals surface area (Å²) in [4.78, 5) is 8.71. The standard InChI is InChI=1S/C17H19N5O2/c1-11-7-14(19-12(2)18-11)9-22-10-15(20-21-22)13-5-6-16(23-3)17(8-13)24-4/h5-8,10H,9H2,1-4H3. The van der Waals surface area contributed by atoms with Crippen LogP contribution in [0, 0.1) is 13.8 Å². The highest BCUT2D eigenvalue weighted by Crippen LogP contribution is 2.31. The van der Waals surface area contributed by atoms with Gasteiger partial charge in [-0.1, -0.05) is 5.21 Å². The van der Waals surface area contributed by atoms with Crippen LogP contribution in [0.1, 0.15) is 17.2 Å². The first kappa shape index (κ1) is 15.9. The molecule has 3 rings (SSSR count).